The minimum atomic E-state index is 0.561. The highest BCUT2D eigenvalue weighted by Gasteiger charge is 2.24. The van der Waals surface area contributed by atoms with E-state index in [2.05, 4.69) is 59.0 Å². The molecule has 1 aliphatic heterocycles. The van der Waals surface area contributed by atoms with E-state index in [1.807, 2.05) is 11.8 Å². The molecule has 0 radical (unpaired) electrons. The zero-order chi connectivity index (χ0) is 16.3. The van der Waals surface area contributed by atoms with Crippen LogP contribution in [0, 0.1) is 0 Å². The average Bonchev–Trinajstić information content (AvgIpc) is 3.01. The largest absolute Gasteiger partial charge is 0.357 e. The van der Waals surface area contributed by atoms with Crippen LogP contribution in [-0.2, 0) is 6.54 Å². The second-order valence-electron chi connectivity index (χ2n) is 5.89. The van der Waals surface area contributed by atoms with E-state index < -0.39 is 0 Å². The second kappa shape index (κ2) is 10.6. The third-order valence-corrected chi connectivity index (χ3v) is 4.74. The number of hydrogen-bond donors (Lipinski definition) is 2. The Morgan fingerprint density at radius 3 is 2.87 bits per heavy atom. The number of nitrogens with zero attached hydrogens (tertiary/aromatic N) is 2. The van der Waals surface area contributed by atoms with Crippen LogP contribution in [0.15, 0.2) is 35.3 Å². The first-order chi connectivity index (χ1) is 11.3. The van der Waals surface area contributed by atoms with Gasteiger partial charge in [0.05, 0.1) is 6.54 Å². The lowest BCUT2D eigenvalue weighted by molar-refractivity contribution is 0.250. The van der Waals surface area contributed by atoms with Gasteiger partial charge in [0.1, 0.15) is 0 Å². The molecule has 1 saturated heterocycles. The summed E-state index contributed by atoms with van der Waals surface area (Å²) in [6.45, 7) is 7.09. The van der Waals surface area contributed by atoms with Crippen LogP contribution in [0.1, 0.15) is 25.3 Å². The fraction of sp³-hybridized carbons (Fsp3) is 0.611. The number of benzene rings is 1. The molecule has 4 nitrogen and oxygen atoms in total. The summed E-state index contributed by atoms with van der Waals surface area (Å²) in [6.07, 6.45) is 4.66. The molecule has 0 amide bonds. The molecule has 23 heavy (non-hydrogen) atoms. The smallest absolute Gasteiger partial charge is 0.191 e. The number of rotatable bonds is 8. The normalized spacial score (nSPS) is 19.0. The molecule has 1 fully saturated rings. The molecule has 128 valence electrons. The summed E-state index contributed by atoms with van der Waals surface area (Å²) >= 11 is 1.85. The van der Waals surface area contributed by atoms with Crippen LogP contribution in [0.3, 0.4) is 0 Å². The van der Waals surface area contributed by atoms with Crippen molar-refractivity contribution in [1.29, 1.82) is 0 Å². The molecular formula is C18H30N4S. The monoisotopic (exact) mass is 334 g/mol. The topological polar surface area (TPSA) is 39.7 Å². The fourth-order valence-corrected chi connectivity index (χ4v) is 3.24. The minimum absolute atomic E-state index is 0.561. The molecule has 0 bridgehead atoms. The van der Waals surface area contributed by atoms with Gasteiger partial charge in [-0.25, -0.2) is 0 Å². The zero-order valence-corrected chi connectivity index (χ0v) is 15.2. The zero-order valence-electron chi connectivity index (χ0n) is 14.4. The minimum Gasteiger partial charge on any atom is -0.357 e. The summed E-state index contributed by atoms with van der Waals surface area (Å²) in [4.78, 5) is 7.38. The maximum Gasteiger partial charge on any atom is 0.191 e. The predicted octanol–water partition coefficient (Wildman–Crippen LogP) is 2.57. The van der Waals surface area contributed by atoms with Crippen molar-refractivity contribution in [1.82, 2.24) is 15.5 Å². The van der Waals surface area contributed by atoms with Crippen molar-refractivity contribution in [3.63, 3.8) is 0 Å². The van der Waals surface area contributed by atoms with Crippen LogP contribution in [0.4, 0.5) is 0 Å². The van der Waals surface area contributed by atoms with Crippen molar-refractivity contribution in [3.8, 4) is 0 Å². The molecule has 5 heteroatoms. The summed E-state index contributed by atoms with van der Waals surface area (Å²) < 4.78 is 0. The van der Waals surface area contributed by atoms with Crippen molar-refractivity contribution in [2.24, 2.45) is 4.99 Å². The summed E-state index contributed by atoms with van der Waals surface area (Å²) in [5.41, 5.74) is 1.40. The highest BCUT2D eigenvalue weighted by atomic mass is 32.2. The van der Waals surface area contributed by atoms with E-state index in [0.29, 0.717) is 6.04 Å². The maximum atomic E-state index is 4.80. The van der Waals surface area contributed by atoms with E-state index in [1.165, 1.54) is 24.9 Å². The third-order valence-electron chi connectivity index (χ3n) is 4.13. The van der Waals surface area contributed by atoms with Crippen molar-refractivity contribution < 1.29 is 0 Å². The number of likely N-dealkylation sites (tertiary alicyclic amines) is 1. The molecule has 1 aromatic carbocycles. The molecule has 2 rings (SSSR count). The Labute approximate surface area is 145 Å². The van der Waals surface area contributed by atoms with E-state index in [9.17, 15) is 0 Å². The van der Waals surface area contributed by atoms with Crippen molar-refractivity contribution in [2.75, 3.05) is 38.2 Å². The van der Waals surface area contributed by atoms with Gasteiger partial charge in [0.2, 0.25) is 0 Å². The highest BCUT2D eigenvalue weighted by Crippen LogP contribution is 2.20. The van der Waals surface area contributed by atoms with Crippen molar-refractivity contribution in [2.45, 2.75) is 32.4 Å². The van der Waals surface area contributed by atoms with Crippen LogP contribution in [0.2, 0.25) is 0 Å². The van der Waals surface area contributed by atoms with Gasteiger partial charge in [0.15, 0.2) is 5.96 Å². The summed E-state index contributed by atoms with van der Waals surface area (Å²) in [6, 6.07) is 11.3. The van der Waals surface area contributed by atoms with Gasteiger partial charge in [-0.3, -0.25) is 9.89 Å². The Morgan fingerprint density at radius 2 is 2.13 bits per heavy atom. The predicted molar refractivity (Wildman–Crippen MR) is 102 cm³/mol. The Balaban J connectivity index is 1.87. The van der Waals surface area contributed by atoms with Gasteiger partial charge >= 0.3 is 0 Å². The lowest BCUT2D eigenvalue weighted by Gasteiger charge is -2.23. The van der Waals surface area contributed by atoms with Gasteiger partial charge in [-0.2, -0.15) is 11.8 Å². The first kappa shape index (κ1) is 18.1. The molecule has 1 unspecified atom stereocenters. The molecule has 1 aliphatic rings. The number of guanidine groups is 1. The molecule has 1 heterocycles. The highest BCUT2D eigenvalue weighted by molar-refractivity contribution is 7.98. The van der Waals surface area contributed by atoms with Crippen molar-refractivity contribution in [3.05, 3.63) is 35.9 Å². The summed E-state index contributed by atoms with van der Waals surface area (Å²) in [7, 11) is 0. The molecular weight excluding hydrogens is 304 g/mol. The molecule has 1 atom stereocenters. The quantitative estimate of drug-likeness (QED) is 0.435. The van der Waals surface area contributed by atoms with Crippen LogP contribution >= 0.6 is 11.8 Å². The number of thioether (sulfide) groups is 1. The van der Waals surface area contributed by atoms with Crippen LogP contribution < -0.4 is 10.6 Å². The number of hydrogen-bond acceptors (Lipinski definition) is 3. The van der Waals surface area contributed by atoms with Crippen LogP contribution in [0.5, 0.6) is 0 Å². The lowest BCUT2D eigenvalue weighted by atomic mass is 10.2. The fourth-order valence-electron chi connectivity index (χ4n) is 2.94. The van der Waals surface area contributed by atoms with Gasteiger partial charge in [0, 0.05) is 31.4 Å². The molecule has 2 N–H and O–H groups in total. The van der Waals surface area contributed by atoms with Crippen molar-refractivity contribution >= 4 is 17.7 Å². The summed E-state index contributed by atoms with van der Waals surface area (Å²) in [5.74, 6) is 2.06. The van der Waals surface area contributed by atoms with Gasteiger partial charge in [0.25, 0.3) is 0 Å². The van der Waals surface area contributed by atoms with Gasteiger partial charge in [-0.1, -0.05) is 30.3 Å². The van der Waals surface area contributed by atoms with Gasteiger partial charge < -0.3 is 10.6 Å². The van der Waals surface area contributed by atoms with E-state index in [1.54, 1.807) is 0 Å². The first-order valence-electron chi connectivity index (χ1n) is 8.62. The molecule has 0 aromatic heterocycles. The molecule has 0 saturated carbocycles. The average molecular weight is 335 g/mol. The Kier molecular flexibility index (Phi) is 8.32. The van der Waals surface area contributed by atoms with Gasteiger partial charge in [-0.05, 0) is 38.1 Å². The number of nitrogens with one attached hydrogen (secondary N) is 2. The SMILES string of the molecule is CCNC(=NCC1CCCN1Cc1ccccc1)NCCSC. The van der Waals surface area contributed by atoms with E-state index in [4.69, 9.17) is 4.99 Å². The molecule has 0 aliphatic carbocycles. The van der Waals surface area contributed by atoms with Gasteiger partial charge in [-0.15, -0.1) is 0 Å². The standard InChI is InChI=1S/C18H30N4S/c1-3-19-18(20-11-13-23-2)21-14-17-10-7-12-22(17)15-16-8-5-4-6-9-16/h4-6,8-9,17H,3,7,10-15H2,1-2H3,(H2,19,20,21). The molecule has 0 spiro atoms. The van der Waals surface area contributed by atoms with E-state index >= 15 is 0 Å². The third kappa shape index (κ3) is 6.43. The van der Waals surface area contributed by atoms with E-state index in [0.717, 1.165) is 37.9 Å². The lowest BCUT2D eigenvalue weighted by Crippen LogP contribution is -2.40. The first-order valence-corrected chi connectivity index (χ1v) is 10.0. The Morgan fingerprint density at radius 1 is 1.30 bits per heavy atom. The summed E-state index contributed by atoms with van der Waals surface area (Å²) in [5, 5.41) is 6.75. The Bertz CT molecular complexity index is 463. The number of aliphatic imine (C=N–C) groups is 1. The Hall–Kier alpha value is -1.20. The van der Waals surface area contributed by atoms with Crippen LogP contribution in [-0.4, -0.2) is 55.1 Å². The van der Waals surface area contributed by atoms with Crippen LogP contribution in [0.25, 0.3) is 0 Å². The maximum absolute atomic E-state index is 4.80. The van der Waals surface area contributed by atoms with E-state index in [-0.39, 0.29) is 0 Å². The second-order valence-corrected chi connectivity index (χ2v) is 6.88. The molecule has 1 aromatic rings.